The van der Waals surface area contributed by atoms with Crippen molar-refractivity contribution in [3.05, 3.63) is 40.7 Å². The zero-order valence-corrected chi connectivity index (χ0v) is 15.6. The molecule has 0 saturated carbocycles. The molecule has 0 aliphatic heterocycles. The first-order valence-electron chi connectivity index (χ1n) is 8.34. The number of amides is 2. The van der Waals surface area contributed by atoms with Gasteiger partial charge in [-0.05, 0) is 37.4 Å². The molecule has 0 aliphatic carbocycles. The minimum Gasteiger partial charge on any atom is -0.357 e. The molecule has 2 rings (SSSR count). The van der Waals surface area contributed by atoms with Crippen LogP contribution in [0.2, 0.25) is 0 Å². The average molecular weight is 360 g/mol. The number of nitrogens with one attached hydrogen (secondary N) is 2. The van der Waals surface area contributed by atoms with Crippen molar-refractivity contribution in [1.82, 2.24) is 10.3 Å². The van der Waals surface area contributed by atoms with Crippen LogP contribution in [0.1, 0.15) is 38.1 Å². The molecule has 7 heteroatoms. The maximum absolute atomic E-state index is 12.3. The van der Waals surface area contributed by atoms with Gasteiger partial charge in [0.1, 0.15) is 5.82 Å². The van der Waals surface area contributed by atoms with Crippen molar-refractivity contribution in [1.29, 1.82) is 0 Å². The largest absolute Gasteiger partial charge is 0.357 e. The molecule has 0 bridgehead atoms. The van der Waals surface area contributed by atoms with E-state index < -0.39 is 0 Å². The highest BCUT2D eigenvalue weighted by molar-refractivity contribution is 7.10. The van der Waals surface area contributed by atoms with Gasteiger partial charge >= 0.3 is 0 Å². The van der Waals surface area contributed by atoms with E-state index in [-0.39, 0.29) is 24.3 Å². The molecule has 2 heterocycles. The molecular formula is C18H24N4O2S. The van der Waals surface area contributed by atoms with Crippen LogP contribution in [-0.4, -0.2) is 29.9 Å². The third-order valence-corrected chi connectivity index (χ3v) is 4.76. The van der Waals surface area contributed by atoms with E-state index in [0.717, 1.165) is 23.8 Å². The Morgan fingerprint density at radius 3 is 2.52 bits per heavy atom. The zero-order chi connectivity index (χ0) is 18.2. The molecule has 2 aromatic heterocycles. The fourth-order valence-corrected chi connectivity index (χ4v) is 3.33. The van der Waals surface area contributed by atoms with Crippen LogP contribution in [0.25, 0.3) is 0 Å². The maximum Gasteiger partial charge on any atom is 0.226 e. The van der Waals surface area contributed by atoms with Crippen molar-refractivity contribution < 1.29 is 9.59 Å². The third-order valence-electron chi connectivity index (χ3n) is 3.77. The van der Waals surface area contributed by atoms with Crippen molar-refractivity contribution in [3.63, 3.8) is 0 Å². The Labute approximate surface area is 152 Å². The molecule has 2 aromatic rings. The molecule has 2 amide bonds. The first-order chi connectivity index (χ1) is 12.0. The van der Waals surface area contributed by atoms with Crippen LogP contribution in [0, 0.1) is 0 Å². The molecule has 1 unspecified atom stereocenters. The van der Waals surface area contributed by atoms with E-state index in [1.807, 2.05) is 29.6 Å². The number of anilines is 2. The van der Waals surface area contributed by atoms with Gasteiger partial charge in [0.05, 0.1) is 24.3 Å². The zero-order valence-electron chi connectivity index (χ0n) is 14.8. The van der Waals surface area contributed by atoms with E-state index in [1.165, 1.54) is 18.3 Å². The van der Waals surface area contributed by atoms with Gasteiger partial charge in [0.2, 0.25) is 11.8 Å². The Morgan fingerprint density at radius 2 is 2.00 bits per heavy atom. The monoisotopic (exact) mass is 360 g/mol. The molecule has 0 aromatic carbocycles. The first kappa shape index (κ1) is 18.9. The lowest BCUT2D eigenvalue weighted by Crippen LogP contribution is -2.29. The molecule has 25 heavy (non-hydrogen) atoms. The number of carbonyl (C=O) groups is 2. The van der Waals surface area contributed by atoms with Crippen molar-refractivity contribution in [2.75, 3.05) is 23.3 Å². The van der Waals surface area contributed by atoms with Gasteiger partial charge in [-0.25, -0.2) is 4.98 Å². The number of hydrogen-bond acceptors (Lipinski definition) is 5. The second-order valence-electron chi connectivity index (χ2n) is 5.60. The van der Waals surface area contributed by atoms with Crippen molar-refractivity contribution in [3.8, 4) is 0 Å². The molecule has 0 saturated heterocycles. The topological polar surface area (TPSA) is 74.3 Å². The SMILES string of the molecule is CCN(CC)c1ccc(NC(=O)CC(NC(C)=O)c2cccs2)cn1. The third kappa shape index (κ3) is 5.56. The van der Waals surface area contributed by atoms with Crippen molar-refractivity contribution in [2.45, 2.75) is 33.2 Å². The number of thiophene rings is 1. The van der Waals surface area contributed by atoms with E-state index >= 15 is 0 Å². The van der Waals surface area contributed by atoms with Gasteiger partial charge < -0.3 is 15.5 Å². The van der Waals surface area contributed by atoms with E-state index in [0.29, 0.717) is 5.69 Å². The second kappa shape index (κ2) is 9.17. The highest BCUT2D eigenvalue weighted by Gasteiger charge is 2.18. The Kier molecular flexibility index (Phi) is 6.94. The van der Waals surface area contributed by atoms with E-state index in [4.69, 9.17) is 0 Å². The standard InChI is InChI=1S/C18H24N4O2S/c1-4-22(5-2)17-9-8-14(12-19-17)21-18(24)11-15(20-13(3)23)16-7-6-10-25-16/h6-10,12,15H,4-5,11H2,1-3H3,(H,20,23)(H,21,24). The van der Waals surface area contributed by atoms with Crippen LogP contribution in [-0.2, 0) is 9.59 Å². The predicted octanol–water partition coefficient (Wildman–Crippen LogP) is 3.20. The van der Waals surface area contributed by atoms with E-state index in [1.54, 1.807) is 6.20 Å². The van der Waals surface area contributed by atoms with Crippen molar-refractivity contribution in [2.24, 2.45) is 0 Å². The summed E-state index contributed by atoms with van der Waals surface area (Å²) < 4.78 is 0. The fourth-order valence-electron chi connectivity index (χ4n) is 2.55. The molecule has 1 atom stereocenters. The Bertz CT molecular complexity index is 682. The Balaban J connectivity index is 1.99. The summed E-state index contributed by atoms with van der Waals surface area (Å²) in [5.41, 5.74) is 0.647. The first-order valence-corrected chi connectivity index (χ1v) is 9.22. The molecule has 0 fully saturated rings. The predicted molar refractivity (Wildman–Crippen MR) is 102 cm³/mol. The highest BCUT2D eigenvalue weighted by Crippen LogP contribution is 2.23. The van der Waals surface area contributed by atoms with E-state index in [9.17, 15) is 9.59 Å². The minimum atomic E-state index is -0.319. The highest BCUT2D eigenvalue weighted by atomic mass is 32.1. The van der Waals surface area contributed by atoms with Gasteiger partial charge in [-0.3, -0.25) is 9.59 Å². The summed E-state index contributed by atoms with van der Waals surface area (Å²) in [7, 11) is 0. The summed E-state index contributed by atoms with van der Waals surface area (Å²) >= 11 is 1.52. The summed E-state index contributed by atoms with van der Waals surface area (Å²) in [5.74, 6) is 0.568. The number of aromatic nitrogens is 1. The fraction of sp³-hybridized carbons (Fsp3) is 0.389. The lowest BCUT2D eigenvalue weighted by Gasteiger charge is -2.20. The lowest BCUT2D eigenvalue weighted by atomic mass is 10.1. The van der Waals surface area contributed by atoms with Gasteiger partial charge in [0.15, 0.2) is 0 Å². The summed E-state index contributed by atoms with van der Waals surface area (Å²) in [6.07, 6.45) is 1.84. The van der Waals surface area contributed by atoms with Gasteiger partial charge in [-0.1, -0.05) is 6.07 Å². The molecule has 134 valence electrons. The number of hydrogen-bond donors (Lipinski definition) is 2. The van der Waals surface area contributed by atoms with Crippen LogP contribution in [0.4, 0.5) is 11.5 Å². The van der Waals surface area contributed by atoms with Crippen LogP contribution in [0.5, 0.6) is 0 Å². The summed E-state index contributed by atoms with van der Waals surface area (Å²) in [4.78, 5) is 31.2. The quantitative estimate of drug-likeness (QED) is 0.758. The van der Waals surface area contributed by atoms with Gasteiger partial charge in [-0.2, -0.15) is 0 Å². The molecule has 0 aliphatic rings. The van der Waals surface area contributed by atoms with Gasteiger partial charge in [-0.15, -0.1) is 11.3 Å². The number of pyridine rings is 1. The van der Waals surface area contributed by atoms with Crippen molar-refractivity contribution >= 4 is 34.7 Å². The van der Waals surface area contributed by atoms with Crippen LogP contribution in [0.3, 0.4) is 0 Å². The van der Waals surface area contributed by atoms with Gasteiger partial charge in [0, 0.05) is 24.9 Å². The molecule has 6 nitrogen and oxygen atoms in total. The smallest absolute Gasteiger partial charge is 0.226 e. The number of rotatable bonds is 8. The summed E-state index contributed by atoms with van der Waals surface area (Å²) in [6, 6.07) is 7.24. The lowest BCUT2D eigenvalue weighted by molar-refractivity contribution is -0.120. The maximum atomic E-state index is 12.3. The Morgan fingerprint density at radius 1 is 1.24 bits per heavy atom. The summed E-state index contributed by atoms with van der Waals surface area (Å²) in [5, 5.41) is 7.60. The average Bonchev–Trinajstić information content (AvgIpc) is 3.11. The minimum absolute atomic E-state index is 0.156. The molecule has 2 N–H and O–H groups in total. The molecule has 0 spiro atoms. The normalized spacial score (nSPS) is 11.6. The second-order valence-corrected chi connectivity index (χ2v) is 6.58. The Hall–Kier alpha value is -2.41. The van der Waals surface area contributed by atoms with Crippen LogP contribution in [0.15, 0.2) is 35.8 Å². The number of nitrogens with zero attached hydrogens (tertiary/aromatic N) is 2. The van der Waals surface area contributed by atoms with E-state index in [2.05, 4.69) is 34.4 Å². The number of carbonyl (C=O) groups excluding carboxylic acids is 2. The van der Waals surface area contributed by atoms with Crippen LogP contribution >= 0.6 is 11.3 Å². The summed E-state index contributed by atoms with van der Waals surface area (Å²) in [6.45, 7) is 7.37. The molecular weight excluding hydrogens is 336 g/mol. The van der Waals surface area contributed by atoms with Gasteiger partial charge in [0.25, 0.3) is 0 Å². The molecule has 0 radical (unpaired) electrons. The van der Waals surface area contributed by atoms with Crippen LogP contribution < -0.4 is 15.5 Å².